The van der Waals surface area contributed by atoms with Gasteiger partial charge in [-0.2, -0.15) is 0 Å². The third-order valence-corrected chi connectivity index (χ3v) is 9.90. The van der Waals surface area contributed by atoms with E-state index in [-0.39, 0.29) is 5.84 Å². The number of hydrogen-bond acceptors (Lipinski definition) is 1. The van der Waals surface area contributed by atoms with Gasteiger partial charge in [-0.05, 0) is 80.4 Å². The first-order valence-corrected chi connectivity index (χ1v) is 16.0. The Morgan fingerprint density at radius 1 is 0.468 bits per heavy atom. The predicted molar refractivity (Wildman–Crippen MR) is 195 cm³/mol. The maximum atomic E-state index is 9.05. The highest BCUT2D eigenvalue weighted by atomic mass is 15.0. The van der Waals surface area contributed by atoms with Crippen LogP contribution in [-0.4, -0.2) is 10.4 Å². The van der Waals surface area contributed by atoms with Gasteiger partial charge in [0.2, 0.25) is 0 Å². The van der Waals surface area contributed by atoms with Crippen molar-refractivity contribution >= 4 is 27.6 Å². The van der Waals surface area contributed by atoms with Crippen LogP contribution >= 0.6 is 0 Å². The maximum Gasteiger partial charge on any atom is 0.111 e. The second kappa shape index (κ2) is 10.4. The van der Waals surface area contributed by atoms with E-state index >= 15 is 0 Å². The lowest BCUT2D eigenvalue weighted by molar-refractivity contribution is 0.837. The first-order valence-electron chi connectivity index (χ1n) is 16.0. The summed E-state index contributed by atoms with van der Waals surface area (Å²) in [5.41, 5.74) is 19.2. The topological polar surface area (TPSA) is 54.8 Å². The second-order valence-corrected chi connectivity index (χ2v) is 12.3. The molecule has 1 aromatic heterocycles. The van der Waals surface area contributed by atoms with Gasteiger partial charge in [0, 0.05) is 16.5 Å². The van der Waals surface area contributed by atoms with Crippen LogP contribution in [0.2, 0.25) is 0 Å². The lowest BCUT2D eigenvalue weighted by Crippen LogP contribution is -2.41. The molecule has 3 nitrogen and oxygen atoms in total. The molecule has 222 valence electrons. The first kappa shape index (κ1) is 27.1. The van der Waals surface area contributed by atoms with Crippen molar-refractivity contribution in [2.75, 3.05) is 0 Å². The summed E-state index contributed by atoms with van der Waals surface area (Å²) in [6.45, 7) is 0. The summed E-state index contributed by atoms with van der Waals surface area (Å²) in [7, 11) is 0. The lowest BCUT2D eigenvalue weighted by atomic mass is 9.71. The van der Waals surface area contributed by atoms with Gasteiger partial charge in [-0.3, -0.25) is 5.41 Å². The normalized spacial score (nSPS) is 15.1. The van der Waals surface area contributed by atoms with E-state index in [4.69, 9.17) is 11.1 Å². The summed E-state index contributed by atoms with van der Waals surface area (Å²) >= 11 is 0. The largest absolute Gasteiger partial charge is 0.386 e. The fourth-order valence-corrected chi connectivity index (χ4v) is 7.77. The van der Waals surface area contributed by atoms with Crippen molar-refractivity contribution in [3.63, 3.8) is 0 Å². The third kappa shape index (κ3) is 3.96. The number of nitrogens with one attached hydrogen (secondary N) is 1. The molecule has 0 fully saturated rings. The minimum absolute atomic E-state index is 0.126. The maximum absolute atomic E-state index is 9.05. The third-order valence-electron chi connectivity index (χ3n) is 9.90. The van der Waals surface area contributed by atoms with Crippen molar-refractivity contribution in [2.45, 2.75) is 5.41 Å². The first-order chi connectivity index (χ1) is 23.1. The molecule has 1 heterocycles. The summed E-state index contributed by atoms with van der Waals surface area (Å²) in [6, 6.07) is 60.1. The molecule has 8 aromatic rings. The summed E-state index contributed by atoms with van der Waals surface area (Å²) in [4.78, 5) is 0. The van der Waals surface area contributed by atoms with E-state index < -0.39 is 5.41 Å². The number of para-hydroxylation sites is 1. The number of nitrogens with zero attached hydrogens (tertiary/aromatic N) is 1. The molecule has 0 saturated heterocycles. The molecule has 9 rings (SSSR count). The molecule has 0 aliphatic heterocycles. The summed E-state index contributed by atoms with van der Waals surface area (Å²) in [6.07, 6.45) is 0. The summed E-state index contributed by atoms with van der Waals surface area (Å²) in [5.74, 6) is 0.126. The van der Waals surface area contributed by atoms with Crippen LogP contribution in [0.4, 0.5) is 0 Å². The standard InChI is InChI=1S/C44H31N3/c45-43(46)44(33-13-5-2-6-14-33)39-17-9-7-15-35(39)36-25-21-31(27-40(36)44)32-22-26-38-37-16-8-10-18-41(37)47(42(38)28-32)34-23-19-30(20-24-34)29-11-3-1-4-12-29/h1-28H,(H3,45,46). The molecule has 1 unspecified atom stereocenters. The molecule has 0 spiro atoms. The van der Waals surface area contributed by atoms with E-state index in [1.807, 2.05) is 24.3 Å². The van der Waals surface area contributed by atoms with Crippen LogP contribution in [0.5, 0.6) is 0 Å². The van der Waals surface area contributed by atoms with E-state index in [1.54, 1.807) is 0 Å². The Bertz CT molecular complexity index is 2470. The van der Waals surface area contributed by atoms with Crippen molar-refractivity contribution < 1.29 is 0 Å². The van der Waals surface area contributed by atoms with Crippen LogP contribution in [0.3, 0.4) is 0 Å². The van der Waals surface area contributed by atoms with Crippen LogP contribution in [0, 0.1) is 5.41 Å². The second-order valence-electron chi connectivity index (χ2n) is 12.3. The molecule has 0 amide bonds. The fraction of sp³-hybridized carbons (Fsp3) is 0.0227. The number of hydrogen-bond donors (Lipinski definition) is 2. The number of aromatic nitrogens is 1. The SMILES string of the molecule is N=C(N)C1(c2ccccc2)c2ccccc2-c2ccc(-c3ccc4c5ccccc5n(-c5ccc(-c6ccccc6)cc5)c4c3)cc21. The Kier molecular flexibility index (Phi) is 6.03. The van der Waals surface area contributed by atoms with Crippen molar-refractivity contribution in [1.82, 2.24) is 4.57 Å². The van der Waals surface area contributed by atoms with Gasteiger partial charge in [0.15, 0.2) is 0 Å². The molecule has 1 aliphatic rings. The van der Waals surface area contributed by atoms with Gasteiger partial charge in [0.1, 0.15) is 11.3 Å². The fourth-order valence-electron chi connectivity index (χ4n) is 7.77. The molecule has 7 aromatic carbocycles. The van der Waals surface area contributed by atoms with Crippen molar-refractivity contribution in [3.05, 3.63) is 187 Å². The number of benzene rings is 7. The van der Waals surface area contributed by atoms with Crippen LogP contribution in [-0.2, 0) is 5.41 Å². The Morgan fingerprint density at radius 2 is 1.04 bits per heavy atom. The summed E-state index contributed by atoms with van der Waals surface area (Å²) in [5, 5.41) is 11.5. The average molecular weight is 602 g/mol. The van der Waals surface area contributed by atoms with Gasteiger partial charge in [-0.1, -0.05) is 140 Å². The van der Waals surface area contributed by atoms with Crippen molar-refractivity contribution in [1.29, 1.82) is 5.41 Å². The molecule has 0 bridgehead atoms. The van der Waals surface area contributed by atoms with Crippen LogP contribution < -0.4 is 5.73 Å². The van der Waals surface area contributed by atoms with Gasteiger partial charge in [0.05, 0.1) is 11.0 Å². The molecule has 3 N–H and O–H groups in total. The zero-order valence-corrected chi connectivity index (χ0v) is 25.7. The van der Waals surface area contributed by atoms with E-state index in [0.717, 1.165) is 50.1 Å². The Balaban J connectivity index is 1.24. The highest BCUT2D eigenvalue weighted by Gasteiger charge is 2.47. The number of amidine groups is 1. The molecule has 0 radical (unpaired) electrons. The lowest BCUT2D eigenvalue weighted by Gasteiger charge is -2.31. The number of fused-ring (bicyclic) bond motifs is 6. The van der Waals surface area contributed by atoms with Gasteiger partial charge in [-0.15, -0.1) is 0 Å². The summed E-state index contributed by atoms with van der Waals surface area (Å²) < 4.78 is 2.37. The molecule has 1 aliphatic carbocycles. The van der Waals surface area contributed by atoms with E-state index in [2.05, 4.69) is 150 Å². The Morgan fingerprint density at radius 3 is 1.83 bits per heavy atom. The van der Waals surface area contributed by atoms with E-state index in [9.17, 15) is 0 Å². The Hall–Kier alpha value is -6.19. The molecular formula is C44H31N3. The van der Waals surface area contributed by atoms with Gasteiger partial charge in [-0.25, -0.2) is 0 Å². The van der Waals surface area contributed by atoms with Crippen molar-refractivity contribution in [2.24, 2.45) is 5.73 Å². The highest BCUT2D eigenvalue weighted by molar-refractivity contribution is 6.10. The smallest absolute Gasteiger partial charge is 0.111 e. The molecule has 47 heavy (non-hydrogen) atoms. The van der Waals surface area contributed by atoms with Gasteiger partial charge in [0.25, 0.3) is 0 Å². The van der Waals surface area contributed by atoms with E-state index in [1.165, 1.54) is 27.4 Å². The molecule has 3 heteroatoms. The molecular weight excluding hydrogens is 571 g/mol. The molecule has 1 atom stereocenters. The van der Waals surface area contributed by atoms with Crippen LogP contribution in [0.15, 0.2) is 170 Å². The Labute approximate surface area is 273 Å². The monoisotopic (exact) mass is 601 g/mol. The predicted octanol–water partition coefficient (Wildman–Crippen LogP) is 10.4. The highest BCUT2D eigenvalue weighted by Crippen LogP contribution is 2.53. The number of nitrogens with two attached hydrogens (primary N) is 1. The minimum Gasteiger partial charge on any atom is -0.386 e. The van der Waals surface area contributed by atoms with Crippen LogP contribution in [0.1, 0.15) is 16.7 Å². The molecule has 0 saturated carbocycles. The zero-order valence-electron chi connectivity index (χ0n) is 25.7. The van der Waals surface area contributed by atoms with Crippen molar-refractivity contribution in [3.8, 4) is 39.1 Å². The minimum atomic E-state index is -0.858. The average Bonchev–Trinajstić information content (AvgIpc) is 3.62. The van der Waals surface area contributed by atoms with Gasteiger partial charge < -0.3 is 10.3 Å². The quantitative estimate of drug-likeness (QED) is 0.150. The zero-order chi connectivity index (χ0) is 31.5. The van der Waals surface area contributed by atoms with Crippen LogP contribution in [0.25, 0.3) is 60.9 Å². The van der Waals surface area contributed by atoms with Gasteiger partial charge >= 0.3 is 0 Å². The van der Waals surface area contributed by atoms with E-state index in [0.29, 0.717) is 0 Å². The number of rotatable bonds is 5.